The van der Waals surface area contributed by atoms with E-state index in [9.17, 15) is 0 Å². The maximum absolute atomic E-state index is 6.50. The molecule has 5 heteroatoms. The molecule has 0 radical (unpaired) electrons. The van der Waals surface area contributed by atoms with Crippen LogP contribution in [0.15, 0.2) is 42.5 Å². The zero-order valence-electron chi connectivity index (χ0n) is 13.1. The zero-order chi connectivity index (χ0) is 16.2. The third-order valence-corrected chi connectivity index (χ3v) is 4.77. The monoisotopic (exact) mass is 350 g/mol. The van der Waals surface area contributed by atoms with E-state index in [1.807, 2.05) is 30.3 Å². The van der Waals surface area contributed by atoms with Gasteiger partial charge in [-0.2, -0.15) is 0 Å². The van der Waals surface area contributed by atoms with E-state index in [1.165, 1.54) is 5.56 Å². The zero-order valence-corrected chi connectivity index (χ0v) is 14.6. The minimum absolute atomic E-state index is 0.118. The van der Waals surface area contributed by atoms with Gasteiger partial charge in [-0.3, -0.25) is 4.90 Å². The molecule has 1 saturated heterocycles. The number of piperazine rings is 1. The Kier molecular flexibility index (Phi) is 5.44. The van der Waals surface area contributed by atoms with Crippen molar-refractivity contribution >= 4 is 23.2 Å². The highest BCUT2D eigenvalue weighted by Gasteiger charge is 2.25. The van der Waals surface area contributed by atoms with Gasteiger partial charge in [-0.05, 0) is 35.4 Å². The number of hydrogen-bond donors (Lipinski definition) is 1. The van der Waals surface area contributed by atoms with Crippen molar-refractivity contribution < 1.29 is 4.74 Å². The van der Waals surface area contributed by atoms with Crippen molar-refractivity contribution in [2.75, 3.05) is 33.3 Å². The fraction of sp³-hybridized carbons (Fsp3) is 0.333. The number of halogens is 2. The van der Waals surface area contributed by atoms with Crippen LogP contribution in [0.25, 0.3) is 0 Å². The summed E-state index contributed by atoms with van der Waals surface area (Å²) in [5.74, 6) is 0.856. The van der Waals surface area contributed by atoms with Crippen LogP contribution in [-0.4, -0.2) is 38.2 Å². The standard InChI is InChI=1S/C18H20Cl2N2O/c1-23-15-5-2-13(3-6-15)18(22-10-8-21-9-11-22)16-7-4-14(19)12-17(16)20/h2-7,12,18,21H,8-11H2,1H3. The first-order valence-electron chi connectivity index (χ1n) is 7.72. The second-order valence-electron chi connectivity index (χ2n) is 5.63. The van der Waals surface area contributed by atoms with Gasteiger partial charge in [0.25, 0.3) is 0 Å². The van der Waals surface area contributed by atoms with Crippen molar-refractivity contribution in [1.82, 2.24) is 10.2 Å². The van der Waals surface area contributed by atoms with Gasteiger partial charge in [-0.1, -0.05) is 41.4 Å². The first-order valence-corrected chi connectivity index (χ1v) is 8.48. The average Bonchev–Trinajstić information content (AvgIpc) is 2.59. The lowest BCUT2D eigenvalue weighted by atomic mass is 9.96. The molecule has 3 rings (SSSR count). The van der Waals surface area contributed by atoms with Gasteiger partial charge in [-0.15, -0.1) is 0 Å². The van der Waals surface area contributed by atoms with Crippen molar-refractivity contribution in [3.63, 3.8) is 0 Å². The van der Waals surface area contributed by atoms with E-state index in [4.69, 9.17) is 27.9 Å². The molecule has 1 fully saturated rings. The van der Waals surface area contributed by atoms with E-state index in [2.05, 4.69) is 22.3 Å². The molecular weight excluding hydrogens is 331 g/mol. The van der Waals surface area contributed by atoms with Gasteiger partial charge >= 0.3 is 0 Å². The van der Waals surface area contributed by atoms with Crippen LogP contribution in [0.1, 0.15) is 17.2 Å². The van der Waals surface area contributed by atoms with Crippen molar-refractivity contribution in [1.29, 1.82) is 0 Å². The Bertz CT molecular complexity index is 655. The van der Waals surface area contributed by atoms with E-state index in [0.29, 0.717) is 10.0 Å². The fourth-order valence-corrected chi connectivity index (χ4v) is 3.55. The Labute approximate surface area is 147 Å². The van der Waals surface area contributed by atoms with Crippen LogP contribution in [0.2, 0.25) is 10.0 Å². The summed E-state index contributed by atoms with van der Waals surface area (Å²) in [4.78, 5) is 2.45. The first-order chi connectivity index (χ1) is 11.2. The lowest BCUT2D eigenvalue weighted by molar-refractivity contribution is 0.198. The predicted octanol–water partition coefficient (Wildman–Crippen LogP) is 4.00. The van der Waals surface area contributed by atoms with Crippen molar-refractivity contribution in [3.05, 3.63) is 63.6 Å². The molecule has 1 aliphatic heterocycles. The normalized spacial score (nSPS) is 17.0. The molecule has 0 bridgehead atoms. The molecule has 2 aromatic rings. The van der Waals surface area contributed by atoms with Crippen molar-refractivity contribution in [2.24, 2.45) is 0 Å². The number of rotatable bonds is 4. The van der Waals surface area contributed by atoms with E-state index in [-0.39, 0.29) is 6.04 Å². The maximum atomic E-state index is 6.50. The van der Waals surface area contributed by atoms with Crippen LogP contribution in [0.4, 0.5) is 0 Å². The number of hydrogen-bond acceptors (Lipinski definition) is 3. The molecule has 1 N–H and O–H groups in total. The Morgan fingerprint density at radius 3 is 2.35 bits per heavy atom. The highest BCUT2D eigenvalue weighted by atomic mass is 35.5. The van der Waals surface area contributed by atoms with E-state index in [0.717, 1.165) is 37.5 Å². The largest absolute Gasteiger partial charge is 0.497 e. The van der Waals surface area contributed by atoms with Gasteiger partial charge in [-0.25, -0.2) is 0 Å². The lowest BCUT2D eigenvalue weighted by Crippen LogP contribution is -2.45. The molecule has 3 nitrogen and oxygen atoms in total. The SMILES string of the molecule is COc1ccc(C(c2ccc(Cl)cc2Cl)N2CCNCC2)cc1. The second kappa shape index (κ2) is 7.54. The van der Waals surface area contributed by atoms with Crippen molar-refractivity contribution in [2.45, 2.75) is 6.04 Å². The Hall–Kier alpha value is -1.26. The summed E-state index contributed by atoms with van der Waals surface area (Å²) in [5.41, 5.74) is 2.29. The molecule has 1 aliphatic rings. The average molecular weight is 351 g/mol. The fourth-order valence-electron chi connectivity index (χ4n) is 3.04. The lowest BCUT2D eigenvalue weighted by Gasteiger charge is -2.36. The molecule has 2 aromatic carbocycles. The number of ether oxygens (including phenoxy) is 1. The number of methoxy groups -OCH3 is 1. The number of benzene rings is 2. The van der Waals surface area contributed by atoms with Crippen molar-refractivity contribution in [3.8, 4) is 5.75 Å². The minimum atomic E-state index is 0.118. The highest BCUT2D eigenvalue weighted by molar-refractivity contribution is 6.35. The summed E-state index contributed by atoms with van der Waals surface area (Å²) >= 11 is 12.6. The van der Waals surface area contributed by atoms with Crippen LogP contribution >= 0.6 is 23.2 Å². The summed E-state index contributed by atoms with van der Waals surface area (Å²) in [6, 6.07) is 14.1. The molecule has 1 atom stereocenters. The Balaban J connectivity index is 2.01. The molecule has 23 heavy (non-hydrogen) atoms. The van der Waals surface area contributed by atoms with Gasteiger partial charge in [0.1, 0.15) is 5.75 Å². The Morgan fingerprint density at radius 2 is 1.74 bits per heavy atom. The van der Waals surface area contributed by atoms with Gasteiger partial charge in [0.05, 0.1) is 13.2 Å². The van der Waals surface area contributed by atoms with Gasteiger partial charge in [0.2, 0.25) is 0 Å². The third kappa shape index (κ3) is 3.81. The third-order valence-electron chi connectivity index (χ3n) is 4.21. The summed E-state index contributed by atoms with van der Waals surface area (Å²) in [6.07, 6.45) is 0. The summed E-state index contributed by atoms with van der Waals surface area (Å²) < 4.78 is 5.27. The highest BCUT2D eigenvalue weighted by Crippen LogP contribution is 2.35. The summed E-state index contributed by atoms with van der Waals surface area (Å²) in [6.45, 7) is 3.93. The molecule has 0 aliphatic carbocycles. The molecule has 0 spiro atoms. The van der Waals surface area contributed by atoms with Crippen LogP contribution in [0.3, 0.4) is 0 Å². The quantitative estimate of drug-likeness (QED) is 0.901. The van der Waals surface area contributed by atoms with Crippen LogP contribution in [-0.2, 0) is 0 Å². The molecule has 0 aromatic heterocycles. The molecular formula is C18H20Cl2N2O. The first kappa shape index (κ1) is 16.6. The van der Waals surface area contributed by atoms with Crippen LogP contribution < -0.4 is 10.1 Å². The van der Waals surface area contributed by atoms with E-state index >= 15 is 0 Å². The smallest absolute Gasteiger partial charge is 0.118 e. The number of nitrogens with one attached hydrogen (secondary N) is 1. The minimum Gasteiger partial charge on any atom is -0.497 e. The summed E-state index contributed by atoms with van der Waals surface area (Å²) in [5, 5.41) is 4.76. The maximum Gasteiger partial charge on any atom is 0.118 e. The van der Waals surface area contributed by atoms with Gasteiger partial charge in [0, 0.05) is 36.2 Å². The van der Waals surface area contributed by atoms with E-state index in [1.54, 1.807) is 7.11 Å². The number of nitrogens with zero attached hydrogens (tertiary/aromatic N) is 1. The Morgan fingerprint density at radius 1 is 1.04 bits per heavy atom. The van der Waals surface area contributed by atoms with E-state index < -0.39 is 0 Å². The summed E-state index contributed by atoms with van der Waals surface area (Å²) in [7, 11) is 1.68. The molecule has 0 amide bonds. The van der Waals surface area contributed by atoms with Crippen LogP contribution in [0, 0.1) is 0 Å². The topological polar surface area (TPSA) is 24.5 Å². The van der Waals surface area contributed by atoms with Gasteiger partial charge in [0.15, 0.2) is 0 Å². The molecule has 122 valence electrons. The molecule has 1 unspecified atom stereocenters. The second-order valence-corrected chi connectivity index (χ2v) is 6.47. The van der Waals surface area contributed by atoms with Gasteiger partial charge < -0.3 is 10.1 Å². The van der Waals surface area contributed by atoms with Crippen LogP contribution in [0.5, 0.6) is 5.75 Å². The predicted molar refractivity (Wildman–Crippen MR) is 95.7 cm³/mol. The molecule has 0 saturated carbocycles. The molecule has 1 heterocycles.